The van der Waals surface area contributed by atoms with Crippen molar-refractivity contribution >= 4 is 44.6 Å². The number of benzene rings is 2. The summed E-state index contributed by atoms with van der Waals surface area (Å²) in [5, 5.41) is 8.12. The SMILES string of the molecule is CN(C)CCCNS(=O)(=O)c1ccc(Nc2nccc(-c3ccc(NC(=O)CCCc4cccs4)cc3)n2)cc1. The Balaban J connectivity index is 1.30. The summed E-state index contributed by atoms with van der Waals surface area (Å²) >= 11 is 1.71. The van der Waals surface area contributed by atoms with Crippen molar-refractivity contribution in [1.82, 2.24) is 19.6 Å². The first-order valence-corrected chi connectivity index (χ1v) is 15.4. The molecule has 0 radical (unpaired) electrons. The van der Waals surface area contributed by atoms with Crippen molar-refractivity contribution in [2.75, 3.05) is 37.8 Å². The molecule has 4 aromatic rings. The Kier molecular flexibility index (Phi) is 10.4. The second kappa shape index (κ2) is 14.1. The molecular weight excluding hydrogens is 544 g/mol. The predicted molar refractivity (Wildman–Crippen MR) is 161 cm³/mol. The Hall–Kier alpha value is -3.64. The lowest BCUT2D eigenvalue weighted by Gasteiger charge is -2.11. The number of sulfonamides is 1. The number of nitrogens with one attached hydrogen (secondary N) is 3. The number of thiophene rings is 1. The van der Waals surface area contributed by atoms with Gasteiger partial charge in [-0.15, -0.1) is 11.3 Å². The number of anilines is 3. The van der Waals surface area contributed by atoms with Crippen LogP contribution in [0.15, 0.2) is 83.2 Å². The highest BCUT2D eigenvalue weighted by atomic mass is 32.2. The summed E-state index contributed by atoms with van der Waals surface area (Å²) in [4.78, 5) is 24.7. The molecule has 0 atom stereocenters. The van der Waals surface area contributed by atoms with E-state index in [0.29, 0.717) is 30.3 Å². The third-order valence-corrected chi connectivity index (χ3v) is 8.44. The number of aromatic nitrogens is 2. The van der Waals surface area contributed by atoms with E-state index in [1.165, 1.54) is 4.88 Å². The molecular formula is C29H34N6O3S2. The van der Waals surface area contributed by atoms with Gasteiger partial charge in [-0.3, -0.25) is 4.79 Å². The van der Waals surface area contributed by atoms with Gasteiger partial charge in [0, 0.05) is 41.0 Å². The zero-order valence-corrected chi connectivity index (χ0v) is 24.3. The molecule has 0 unspecified atom stereocenters. The Labute approximate surface area is 239 Å². The van der Waals surface area contributed by atoms with Gasteiger partial charge >= 0.3 is 0 Å². The van der Waals surface area contributed by atoms with Gasteiger partial charge in [-0.1, -0.05) is 18.2 Å². The average Bonchev–Trinajstić information content (AvgIpc) is 3.46. The van der Waals surface area contributed by atoms with Crippen LogP contribution in [0, 0.1) is 0 Å². The second-order valence-corrected chi connectivity index (χ2v) is 12.3. The van der Waals surface area contributed by atoms with Gasteiger partial charge in [-0.2, -0.15) is 0 Å². The first-order valence-electron chi connectivity index (χ1n) is 13.1. The van der Waals surface area contributed by atoms with Crippen LogP contribution in [0.25, 0.3) is 11.3 Å². The van der Waals surface area contributed by atoms with Crippen LogP contribution in [-0.2, 0) is 21.2 Å². The van der Waals surface area contributed by atoms with Gasteiger partial charge in [0.05, 0.1) is 10.6 Å². The Morgan fingerprint density at radius 3 is 2.40 bits per heavy atom. The summed E-state index contributed by atoms with van der Waals surface area (Å²) in [5.74, 6) is 0.384. The zero-order chi connectivity index (χ0) is 28.4. The fraction of sp³-hybridized carbons (Fsp3) is 0.276. The minimum Gasteiger partial charge on any atom is -0.326 e. The topological polar surface area (TPSA) is 116 Å². The van der Waals surface area contributed by atoms with E-state index in [9.17, 15) is 13.2 Å². The van der Waals surface area contributed by atoms with E-state index < -0.39 is 10.0 Å². The number of rotatable bonds is 14. The molecule has 0 saturated carbocycles. The lowest BCUT2D eigenvalue weighted by Crippen LogP contribution is -2.27. The van der Waals surface area contributed by atoms with Gasteiger partial charge in [0.25, 0.3) is 0 Å². The monoisotopic (exact) mass is 578 g/mol. The quantitative estimate of drug-likeness (QED) is 0.177. The number of hydrogen-bond donors (Lipinski definition) is 3. The molecule has 0 aliphatic heterocycles. The van der Waals surface area contributed by atoms with Gasteiger partial charge in [-0.05, 0) is 93.8 Å². The minimum atomic E-state index is -3.57. The number of amides is 1. The number of carbonyl (C=O) groups excluding carboxylic acids is 1. The van der Waals surface area contributed by atoms with E-state index in [2.05, 4.69) is 31.4 Å². The number of carbonyl (C=O) groups is 1. The Bertz CT molecular complexity index is 1470. The normalized spacial score (nSPS) is 11.5. The van der Waals surface area contributed by atoms with Crippen LogP contribution in [0.5, 0.6) is 0 Å². The van der Waals surface area contributed by atoms with Crippen molar-refractivity contribution in [1.29, 1.82) is 0 Å². The summed E-state index contributed by atoms with van der Waals surface area (Å²) in [6.45, 7) is 1.19. The lowest BCUT2D eigenvalue weighted by molar-refractivity contribution is -0.116. The second-order valence-electron chi connectivity index (χ2n) is 9.53. The summed E-state index contributed by atoms with van der Waals surface area (Å²) < 4.78 is 27.7. The molecule has 40 heavy (non-hydrogen) atoms. The zero-order valence-electron chi connectivity index (χ0n) is 22.6. The first kappa shape index (κ1) is 29.3. The van der Waals surface area contributed by atoms with Crippen LogP contribution in [0.2, 0.25) is 0 Å². The number of nitrogens with zero attached hydrogens (tertiary/aromatic N) is 3. The molecule has 1 amide bonds. The van der Waals surface area contributed by atoms with Crippen LogP contribution in [0.4, 0.5) is 17.3 Å². The molecule has 0 fully saturated rings. The highest BCUT2D eigenvalue weighted by Gasteiger charge is 2.13. The van der Waals surface area contributed by atoms with Crippen molar-refractivity contribution in [3.8, 4) is 11.3 Å². The standard InChI is InChI=1S/C29H34N6O3S2/c1-35(2)20-5-18-31-40(37,38)26-15-13-24(14-16-26)33-29-30-19-17-27(34-29)22-9-11-23(12-10-22)32-28(36)8-3-6-25-7-4-21-39-25/h4,7,9-17,19,21,31H,3,5-6,8,18,20H2,1-2H3,(H,32,36)(H,30,33,34). The van der Waals surface area contributed by atoms with Gasteiger partial charge in [-0.25, -0.2) is 23.1 Å². The van der Waals surface area contributed by atoms with Gasteiger partial charge in [0.2, 0.25) is 21.9 Å². The van der Waals surface area contributed by atoms with E-state index in [1.807, 2.05) is 54.7 Å². The molecule has 2 aromatic heterocycles. The molecule has 2 aromatic carbocycles. The summed E-state index contributed by atoms with van der Waals surface area (Å²) in [5.41, 5.74) is 3.00. The molecule has 4 rings (SSSR count). The van der Waals surface area contributed by atoms with Crippen LogP contribution in [0.1, 0.15) is 24.1 Å². The van der Waals surface area contributed by atoms with E-state index in [-0.39, 0.29) is 10.8 Å². The van der Waals surface area contributed by atoms with Crippen molar-refractivity contribution in [3.63, 3.8) is 0 Å². The average molecular weight is 579 g/mol. The number of aryl methyl sites for hydroxylation is 1. The van der Waals surface area contributed by atoms with E-state index in [0.717, 1.165) is 37.1 Å². The van der Waals surface area contributed by atoms with E-state index in [1.54, 1.807) is 47.9 Å². The van der Waals surface area contributed by atoms with Crippen molar-refractivity contribution in [2.24, 2.45) is 0 Å². The molecule has 2 heterocycles. The first-order chi connectivity index (χ1) is 19.3. The van der Waals surface area contributed by atoms with Gasteiger partial charge in [0.15, 0.2) is 0 Å². The molecule has 210 valence electrons. The fourth-order valence-corrected chi connectivity index (χ4v) is 5.76. The van der Waals surface area contributed by atoms with Crippen LogP contribution in [0.3, 0.4) is 0 Å². The largest absolute Gasteiger partial charge is 0.326 e. The molecule has 0 spiro atoms. The van der Waals surface area contributed by atoms with Crippen molar-refractivity contribution in [2.45, 2.75) is 30.6 Å². The molecule has 0 bridgehead atoms. The summed E-state index contributed by atoms with van der Waals surface area (Å²) in [6, 6.07) is 19.9. The molecule has 3 N–H and O–H groups in total. The highest BCUT2D eigenvalue weighted by Crippen LogP contribution is 2.22. The lowest BCUT2D eigenvalue weighted by atomic mass is 10.1. The van der Waals surface area contributed by atoms with Crippen LogP contribution < -0.4 is 15.4 Å². The third kappa shape index (κ3) is 8.95. The minimum absolute atomic E-state index is 0.00300. The molecule has 0 saturated heterocycles. The smallest absolute Gasteiger partial charge is 0.240 e. The van der Waals surface area contributed by atoms with Gasteiger partial charge < -0.3 is 15.5 Å². The van der Waals surface area contributed by atoms with Crippen LogP contribution >= 0.6 is 11.3 Å². The molecule has 0 aliphatic carbocycles. The Morgan fingerprint density at radius 2 is 1.70 bits per heavy atom. The summed E-state index contributed by atoms with van der Waals surface area (Å²) in [6.07, 6.45) is 4.58. The van der Waals surface area contributed by atoms with Gasteiger partial charge in [0.1, 0.15) is 0 Å². The summed E-state index contributed by atoms with van der Waals surface area (Å²) in [7, 11) is 0.334. The Morgan fingerprint density at radius 1 is 0.950 bits per heavy atom. The van der Waals surface area contributed by atoms with Crippen molar-refractivity contribution in [3.05, 3.63) is 83.2 Å². The highest BCUT2D eigenvalue weighted by molar-refractivity contribution is 7.89. The maximum Gasteiger partial charge on any atom is 0.240 e. The van der Waals surface area contributed by atoms with Crippen molar-refractivity contribution < 1.29 is 13.2 Å². The number of hydrogen-bond acceptors (Lipinski definition) is 8. The van der Waals surface area contributed by atoms with Crippen LogP contribution in [-0.4, -0.2) is 56.4 Å². The third-order valence-electron chi connectivity index (χ3n) is 6.02. The maximum atomic E-state index is 12.5. The van der Waals surface area contributed by atoms with E-state index >= 15 is 0 Å². The molecule has 0 aliphatic rings. The molecule has 9 nitrogen and oxygen atoms in total. The predicted octanol–water partition coefficient (Wildman–Crippen LogP) is 5.14. The molecule has 11 heteroatoms. The maximum absolute atomic E-state index is 12.5. The fourth-order valence-electron chi connectivity index (χ4n) is 3.94. The van der Waals surface area contributed by atoms with E-state index in [4.69, 9.17) is 0 Å².